The van der Waals surface area contributed by atoms with E-state index in [2.05, 4.69) is 33.1 Å². The number of methoxy groups -OCH3 is 2. The van der Waals surface area contributed by atoms with Crippen molar-refractivity contribution in [2.24, 2.45) is 5.10 Å². The van der Waals surface area contributed by atoms with Gasteiger partial charge < -0.3 is 9.47 Å². The van der Waals surface area contributed by atoms with Crippen molar-refractivity contribution in [3.05, 3.63) is 56.4 Å². The Bertz CT molecular complexity index is 878. The highest BCUT2D eigenvalue weighted by Gasteiger charge is 2.12. The van der Waals surface area contributed by atoms with Gasteiger partial charge in [-0.1, -0.05) is 0 Å². The second-order valence-corrected chi connectivity index (χ2v) is 5.91. The van der Waals surface area contributed by atoms with Crippen LogP contribution in [-0.4, -0.2) is 26.3 Å². The van der Waals surface area contributed by atoms with Crippen molar-refractivity contribution in [2.75, 3.05) is 14.2 Å². The number of nitriles is 1. The predicted molar refractivity (Wildman–Crippen MR) is 98.4 cm³/mol. The average Bonchev–Trinajstić information content (AvgIpc) is 2.60. The zero-order valence-electron chi connectivity index (χ0n) is 13.3. The third kappa shape index (κ3) is 4.45. The fourth-order valence-corrected chi connectivity index (χ4v) is 2.85. The number of hydrazone groups is 1. The molecule has 0 spiro atoms. The van der Waals surface area contributed by atoms with Crippen LogP contribution in [0.4, 0.5) is 4.39 Å². The number of rotatable bonds is 5. The van der Waals surface area contributed by atoms with Crippen LogP contribution >= 0.6 is 22.6 Å². The standard InChI is InChI=1S/C17H13FIN3O3/c1-24-15-7-11(6-14(19)16(15)25-2)9-21-22-17(23)12-4-3-10(8-20)5-13(12)18/h3-7,9H,1-2H3,(H,22,23)/b21-9-. The molecule has 2 aromatic carbocycles. The Morgan fingerprint density at radius 3 is 2.68 bits per heavy atom. The van der Waals surface area contributed by atoms with Crippen LogP contribution in [0.5, 0.6) is 11.5 Å². The zero-order valence-corrected chi connectivity index (χ0v) is 15.5. The maximum absolute atomic E-state index is 13.8. The minimum Gasteiger partial charge on any atom is -0.493 e. The number of hydrogen-bond donors (Lipinski definition) is 1. The lowest BCUT2D eigenvalue weighted by molar-refractivity contribution is 0.0951. The first-order chi connectivity index (χ1) is 12.0. The van der Waals surface area contributed by atoms with Crippen molar-refractivity contribution in [3.8, 4) is 17.6 Å². The van der Waals surface area contributed by atoms with E-state index >= 15 is 0 Å². The number of amides is 1. The second-order valence-electron chi connectivity index (χ2n) is 4.74. The maximum Gasteiger partial charge on any atom is 0.274 e. The Balaban J connectivity index is 2.14. The van der Waals surface area contributed by atoms with Gasteiger partial charge in [-0.2, -0.15) is 10.4 Å². The Labute approximate surface area is 157 Å². The topological polar surface area (TPSA) is 83.7 Å². The van der Waals surface area contributed by atoms with Gasteiger partial charge in [0.2, 0.25) is 0 Å². The Hall–Kier alpha value is -2.67. The van der Waals surface area contributed by atoms with Crippen LogP contribution in [0, 0.1) is 20.7 Å². The Morgan fingerprint density at radius 2 is 2.08 bits per heavy atom. The molecule has 1 N–H and O–H groups in total. The number of halogens is 2. The summed E-state index contributed by atoms with van der Waals surface area (Å²) in [4.78, 5) is 12.0. The number of benzene rings is 2. The lowest BCUT2D eigenvalue weighted by atomic mass is 10.1. The summed E-state index contributed by atoms with van der Waals surface area (Å²) in [5.41, 5.74) is 2.85. The number of carbonyl (C=O) groups is 1. The van der Waals surface area contributed by atoms with Gasteiger partial charge in [-0.05, 0) is 58.5 Å². The van der Waals surface area contributed by atoms with Gasteiger partial charge >= 0.3 is 0 Å². The third-order valence-corrected chi connectivity index (χ3v) is 3.98. The molecule has 0 aliphatic rings. The summed E-state index contributed by atoms with van der Waals surface area (Å²) < 4.78 is 25.1. The summed E-state index contributed by atoms with van der Waals surface area (Å²) in [6.07, 6.45) is 1.41. The molecule has 8 heteroatoms. The van der Waals surface area contributed by atoms with E-state index in [-0.39, 0.29) is 11.1 Å². The number of nitrogens with zero attached hydrogens (tertiary/aromatic N) is 2. The number of hydrogen-bond acceptors (Lipinski definition) is 5. The first-order valence-electron chi connectivity index (χ1n) is 6.94. The molecule has 0 unspecified atom stereocenters. The first kappa shape index (κ1) is 18.7. The average molecular weight is 453 g/mol. The van der Waals surface area contributed by atoms with Crippen LogP contribution < -0.4 is 14.9 Å². The monoisotopic (exact) mass is 453 g/mol. The van der Waals surface area contributed by atoms with E-state index in [1.54, 1.807) is 25.3 Å². The molecule has 0 atom stereocenters. The predicted octanol–water partition coefficient (Wildman–Crippen LogP) is 3.08. The van der Waals surface area contributed by atoms with Crippen LogP contribution in [0.2, 0.25) is 0 Å². The van der Waals surface area contributed by atoms with E-state index in [4.69, 9.17) is 14.7 Å². The molecular weight excluding hydrogens is 440 g/mol. The number of ether oxygens (including phenoxy) is 2. The van der Waals surface area contributed by atoms with E-state index in [0.29, 0.717) is 17.1 Å². The van der Waals surface area contributed by atoms with Crippen LogP contribution in [0.3, 0.4) is 0 Å². The molecule has 0 fully saturated rings. The van der Waals surface area contributed by atoms with E-state index in [9.17, 15) is 9.18 Å². The summed E-state index contributed by atoms with van der Waals surface area (Å²) in [6, 6.07) is 8.87. The Morgan fingerprint density at radius 1 is 1.32 bits per heavy atom. The normalized spacial score (nSPS) is 10.4. The number of nitrogens with one attached hydrogen (secondary N) is 1. The molecule has 128 valence electrons. The van der Waals surface area contributed by atoms with Gasteiger partial charge in [-0.15, -0.1) is 0 Å². The second kappa shape index (κ2) is 8.43. The van der Waals surface area contributed by atoms with E-state index in [0.717, 1.165) is 9.64 Å². The van der Waals surface area contributed by atoms with E-state index in [1.165, 1.54) is 25.5 Å². The minimum absolute atomic E-state index is 0.137. The quantitative estimate of drug-likeness (QED) is 0.429. The summed E-state index contributed by atoms with van der Waals surface area (Å²) >= 11 is 2.09. The van der Waals surface area contributed by atoms with Gasteiger partial charge in [0.1, 0.15) is 5.82 Å². The molecule has 0 heterocycles. The van der Waals surface area contributed by atoms with Crippen molar-refractivity contribution in [1.82, 2.24) is 5.43 Å². The highest BCUT2D eigenvalue weighted by molar-refractivity contribution is 14.1. The van der Waals surface area contributed by atoms with Crippen LogP contribution in [0.15, 0.2) is 35.4 Å². The van der Waals surface area contributed by atoms with Crippen molar-refractivity contribution in [1.29, 1.82) is 5.26 Å². The number of carbonyl (C=O) groups excluding carboxylic acids is 1. The molecule has 6 nitrogen and oxygen atoms in total. The molecule has 0 saturated heterocycles. The molecule has 2 aromatic rings. The Kier molecular flexibility index (Phi) is 6.30. The molecule has 25 heavy (non-hydrogen) atoms. The summed E-state index contributed by atoms with van der Waals surface area (Å²) in [5.74, 6) is -0.370. The maximum atomic E-state index is 13.8. The molecule has 1 amide bonds. The molecule has 2 rings (SSSR count). The van der Waals surface area contributed by atoms with Crippen LogP contribution in [0.25, 0.3) is 0 Å². The van der Waals surface area contributed by atoms with E-state index < -0.39 is 11.7 Å². The smallest absolute Gasteiger partial charge is 0.274 e. The highest BCUT2D eigenvalue weighted by Crippen LogP contribution is 2.32. The third-order valence-electron chi connectivity index (χ3n) is 3.18. The van der Waals surface area contributed by atoms with Gasteiger partial charge in [0, 0.05) is 0 Å². The molecule has 0 aromatic heterocycles. The SMILES string of the molecule is COc1cc(/C=N\NC(=O)c2ccc(C#N)cc2F)cc(I)c1OC. The lowest BCUT2D eigenvalue weighted by Crippen LogP contribution is -2.19. The highest BCUT2D eigenvalue weighted by atomic mass is 127. The fourth-order valence-electron chi connectivity index (χ4n) is 2.01. The minimum atomic E-state index is -0.785. The van der Waals surface area contributed by atoms with Crippen LogP contribution in [-0.2, 0) is 0 Å². The molecule has 0 aliphatic heterocycles. The fraction of sp³-hybridized carbons (Fsp3) is 0.118. The largest absolute Gasteiger partial charge is 0.493 e. The van der Waals surface area contributed by atoms with Crippen molar-refractivity contribution < 1.29 is 18.7 Å². The summed E-state index contributed by atoms with van der Waals surface area (Å²) in [6.45, 7) is 0. The lowest BCUT2D eigenvalue weighted by Gasteiger charge is -2.10. The van der Waals surface area contributed by atoms with E-state index in [1.807, 2.05) is 0 Å². The molecular formula is C17H13FIN3O3. The van der Waals surface area contributed by atoms with Gasteiger partial charge in [0.05, 0.1) is 41.2 Å². The zero-order chi connectivity index (χ0) is 18.4. The molecule has 0 bridgehead atoms. The van der Waals surface area contributed by atoms with Crippen molar-refractivity contribution >= 4 is 34.7 Å². The van der Waals surface area contributed by atoms with Crippen molar-refractivity contribution in [3.63, 3.8) is 0 Å². The van der Waals surface area contributed by atoms with Crippen LogP contribution in [0.1, 0.15) is 21.5 Å². The molecule has 0 saturated carbocycles. The van der Waals surface area contributed by atoms with Gasteiger partial charge in [-0.3, -0.25) is 4.79 Å². The summed E-state index contributed by atoms with van der Waals surface area (Å²) in [7, 11) is 3.06. The van der Waals surface area contributed by atoms with Gasteiger partial charge in [-0.25, -0.2) is 9.82 Å². The molecule has 0 aliphatic carbocycles. The summed E-state index contributed by atoms with van der Waals surface area (Å²) in [5, 5.41) is 12.5. The van der Waals surface area contributed by atoms with Gasteiger partial charge in [0.15, 0.2) is 11.5 Å². The first-order valence-corrected chi connectivity index (χ1v) is 8.02. The van der Waals surface area contributed by atoms with Crippen molar-refractivity contribution in [2.45, 2.75) is 0 Å². The molecule has 0 radical (unpaired) electrons. The van der Waals surface area contributed by atoms with Gasteiger partial charge in [0.25, 0.3) is 5.91 Å².